The Hall–Kier alpha value is -2.33. The third-order valence-electron chi connectivity index (χ3n) is 2.95. The van der Waals surface area contributed by atoms with Gasteiger partial charge in [0.05, 0.1) is 28.8 Å². The molecule has 2 aromatic rings. The summed E-state index contributed by atoms with van der Waals surface area (Å²) in [6.07, 6.45) is 5.97. The highest BCUT2D eigenvalue weighted by Gasteiger charge is 2.12. The maximum atomic E-state index is 9.47. The fraction of sp³-hybridized carbons (Fsp3) is 0.188. The molecule has 0 fully saturated rings. The Balaban J connectivity index is 2.48. The van der Waals surface area contributed by atoms with E-state index < -0.39 is 0 Å². The zero-order valence-electron chi connectivity index (χ0n) is 12.9. The van der Waals surface area contributed by atoms with Gasteiger partial charge in [0.15, 0.2) is 12.5 Å². The Morgan fingerprint density at radius 3 is 2.54 bits per heavy atom. The van der Waals surface area contributed by atoms with Gasteiger partial charge in [-0.15, -0.1) is 0 Å². The fourth-order valence-corrected chi connectivity index (χ4v) is 2.32. The molecule has 124 valence electrons. The minimum absolute atomic E-state index is 0.0229. The van der Waals surface area contributed by atoms with Crippen molar-refractivity contribution in [1.29, 1.82) is 5.26 Å². The van der Waals surface area contributed by atoms with Crippen LogP contribution in [0, 0.1) is 11.3 Å². The molecule has 0 saturated heterocycles. The summed E-state index contributed by atoms with van der Waals surface area (Å²) in [5, 5.41) is 10.2. The molecule has 0 radical (unpaired) electrons. The summed E-state index contributed by atoms with van der Waals surface area (Å²) in [4.78, 5) is 8.01. The van der Waals surface area contributed by atoms with Crippen molar-refractivity contribution in [1.82, 2.24) is 9.97 Å². The lowest BCUT2D eigenvalue weighted by Gasteiger charge is -2.10. The van der Waals surface area contributed by atoms with Crippen molar-refractivity contribution >= 4 is 34.9 Å². The van der Waals surface area contributed by atoms with E-state index in [1.165, 1.54) is 32.8 Å². The first kappa shape index (κ1) is 18.0. The molecular weight excluding hydrogens is 353 g/mol. The molecule has 2 heterocycles. The van der Waals surface area contributed by atoms with E-state index in [1.54, 1.807) is 12.1 Å². The molecule has 2 aromatic heterocycles. The standard InChI is InChI=1S/C16H13Cl2N3O3/c1-22-9-24-15-4-11(6-21-16(15)23-2)10(5-19)3-12-13(17)7-20-8-14(12)18/h3-4,6-8H,9H2,1-2H3/b10-3+. The normalized spacial score (nSPS) is 11.0. The van der Waals surface area contributed by atoms with Crippen LogP contribution < -0.4 is 9.47 Å². The lowest BCUT2D eigenvalue weighted by atomic mass is 10.1. The largest absolute Gasteiger partial charge is 0.478 e. The second-order valence-corrected chi connectivity index (χ2v) is 5.28. The van der Waals surface area contributed by atoms with E-state index in [0.29, 0.717) is 32.5 Å². The Bertz CT molecular complexity index is 783. The number of methoxy groups -OCH3 is 2. The molecule has 0 spiro atoms. The SMILES string of the molecule is COCOc1cc(/C(C#N)=C/c2c(Cl)cncc2Cl)cnc1OC. The fourth-order valence-electron chi connectivity index (χ4n) is 1.84. The number of allylic oxidation sites excluding steroid dienone is 1. The second kappa shape index (κ2) is 8.50. The molecule has 8 heteroatoms. The van der Waals surface area contributed by atoms with Gasteiger partial charge >= 0.3 is 0 Å². The summed E-state index contributed by atoms with van der Waals surface area (Å²) >= 11 is 12.2. The van der Waals surface area contributed by atoms with Gasteiger partial charge in [0.1, 0.15) is 0 Å². The van der Waals surface area contributed by atoms with Crippen LogP contribution in [-0.4, -0.2) is 31.0 Å². The highest BCUT2D eigenvalue weighted by Crippen LogP contribution is 2.31. The van der Waals surface area contributed by atoms with E-state index in [-0.39, 0.29) is 12.7 Å². The summed E-state index contributed by atoms with van der Waals surface area (Å²) in [5.41, 5.74) is 1.33. The van der Waals surface area contributed by atoms with Crippen LogP contribution >= 0.6 is 23.2 Å². The predicted octanol–water partition coefficient (Wildman–Crippen LogP) is 3.84. The van der Waals surface area contributed by atoms with Crippen molar-refractivity contribution in [2.75, 3.05) is 21.0 Å². The van der Waals surface area contributed by atoms with E-state index in [9.17, 15) is 5.26 Å². The van der Waals surface area contributed by atoms with Gasteiger partial charge in [-0.1, -0.05) is 23.2 Å². The smallest absolute Gasteiger partial charge is 0.256 e. The van der Waals surface area contributed by atoms with Gasteiger partial charge < -0.3 is 14.2 Å². The van der Waals surface area contributed by atoms with Crippen molar-refractivity contribution in [3.8, 4) is 17.7 Å². The molecule has 0 aliphatic rings. The van der Waals surface area contributed by atoms with E-state index in [2.05, 4.69) is 16.0 Å². The highest BCUT2D eigenvalue weighted by molar-refractivity contribution is 6.37. The number of hydrogen-bond donors (Lipinski definition) is 0. The molecule has 0 saturated carbocycles. The summed E-state index contributed by atoms with van der Waals surface area (Å²) < 4.78 is 15.4. The predicted molar refractivity (Wildman–Crippen MR) is 91.0 cm³/mol. The third kappa shape index (κ3) is 4.15. The highest BCUT2D eigenvalue weighted by atomic mass is 35.5. The van der Waals surface area contributed by atoms with Crippen LogP contribution in [0.3, 0.4) is 0 Å². The number of hydrogen-bond acceptors (Lipinski definition) is 6. The van der Waals surface area contributed by atoms with Gasteiger partial charge in [-0.25, -0.2) is 4.98 Å². The Kier molecular flexibility index (Phi) is 6.38. The van der Waals surface area contributed by atoms with Crippen molar-refractivity contribution in [2.24, 2.45) is 0 Å². The minimum atomic E-state index is 0.0229. The van der Waals surface area contributed by atoms with Gasteiger partial charge in [-0.3, -0.25) is 4.98 Å². The number of rotatable bonds is 6. The van der Waals surface area contributed by atoms with E-state index >= 15 is 0 Å². The Morgan fingerprint density at radius 2 is 1.96 bits per heavy atom. The Morgan fingerprint density at radius 1 is 1.25 bits per heavy atom. The molecular formula is C16H13Cl2N3O3. The molecule has 0 amide bonds. The summed E-state index contributed by atoms with van der Waals surface area (Å²) in [6.45, 7) is 0.0229. The number of pyridine rings is 2. The molecule has 0 atom stereocenters. The number of nitriles is 1. The van der Waals surface area contributed by atoms with Crippen LogP contribution in [0.4, 0.5) is 0 Å². The molecule has 6 nitrogen and oxygen atoms in total. The van der Waals surface area contributed by atoms with E-state index in [4.69, 9.17) is 37.4 Å². The average molecular weight is 366 g/mol. The van der Waals surface area contributed by atoms with Crippen LogP contribution in [0.2, 0.25) is 10.0 Å². The molecule has 2 rings (SSSR count). The number of halogens is 2. The van der Waals surface area contributed by atoms with E-state index in [1.807, 2.05) is 0 Å². The zero-order valence-corrected chi connectivity index (χ0v) is 14.4. The third-order valence-corrected chi connectivity index (χ3v) is 3.56. The van der Waals surface area contributed by atoms with Crippen molar-refractivity contribution < 1.29 is 14.2 Å². The van der Waals surface area contributed by atoms with Gasteiger partial charge in [0.2, 0.25) is 0 Å². The topological polar surface area (TPSA) is 77.3 Å². The van der Waals surface area contributed by atoms with Crippen LogP contribution in [0.5, 0.6) is 11.6 Å². The van der Waals surface area contributed by atoms with Gasteiger partial charge in [0.25, 0.3) is 5.88 Å². The number of aromatic nitrogens is 2. The molecule has 0 aromatic carbocycles. The lowest BCUT2D eigenvalue weighted by molar-refractivity contribution is 0.0486. The molecule has 0 N–H and O–H groups in total. The summed E-state index contributed by atoms with van der Waals surface area (Å²) in [6, 6.07) is 3.73. The maximum Gasteiger partial charge on any atom is 0.256 e. The molecule has 24 heavy (non-hydrogen) atoms. The monoisotopic (exact) mass is 365 g/mol. The van der Waals surface area contributed by atoms with Gasteiger partial charge in [-0.05, 0) is 12.1 Å². The van der Waals surface area contributed by atoms with Crippen molar-refractivity contribution in [3.05, 3.63) is 45.8 Å². The van der Waals surface area contributed by atoms with Gasteiger partial charge in [0, 0.05) is 36.8 Å². The lowest BCUT2D eigenvalue weighted by Crippen LogP contribution is -2.02. The van der Waals surface area contributed by atoms with Crippen LogP contribution in [-0.2, 0) is 4.74 Å². The number of ether oxygens (including phenoxy) is 3. The second-order valence-electron chi connectivity index (χ2n) is 4.47. The van der Waals surface area contributed by atoms with Gasteiger partial charge in [-0.2, -0.15) is 5.26 Å². The molecule has 0 unspecified atom stereocenters. The minimum Gasteiger partial charge on any atom is -0.478 e. The molecule has 0 aliphatic heterocycles. The summed E-state index contributed by atoms with van der Waals surface area (Å²) in [5.74, 6) is 0.637. The summed E-state index contributed by atoms with van der Waals surface area (Å²) in [7, 11) is 2.97. The molecule has 0 aliphatic carbocycles. The average Bonchev–Trinajstić information content (AvgIpc) is 2.59. The van der Waals surface area contributed by atoms with E-state index in [0.717, 1.165) is 0 Å². The maximum absolute atomic E-state index is 9.47. The van der Waals surface area contributed by atoms with Crippen molar-refractivity contribution in [3.63, 3.8) is 0 Å². The first-order valence-corrected chi connectivity index (χ1v) is 7.43. The van der Waals surface area contributed by atoms with Crippen LogP contribution in [0.25, 0.3) is 11.6 Å². The zero-order chi connectivity index (χ0) is 17.5. The first-order chi connectivity index (χ1) is 11.6. The van der Waals surface area contributed by atoms with Crippen LogP contribution in [0.15, 0.2) is 24.7 Å². The Labute approximate surface area is 149 Å². The number of nitrogens with zero attached hydrogens (tertiary/aromatic N) is 3. The molecule has 0 bridgehead atoms. The van der Waals surface area contributed by atoms with Crippen molar-refractivity contribution in [2.45, 2.75) is 0 Å². The quantitative estimate of drug-likeness (QED) is 0.571. The first-order valence-electron chi connectivity index (χ1n) is 6.67. The van der Waals surface area contributed by atoms with Crippen LogP contribution in [0.1, 0.15) is 11.1 Å².